The molecule has 9 heteroatoms. The summed E-state index contributed by atoms with van der Waals surface area (Å²) >= 11 is 1.74. The molecule has 2 N–H and O–H groups in total. The molecule has 0 amide bonds. The predicted molar refractivity (Wildman–Crippen MR) is 237 cm³/mol. The lowest BCUT2D eigenvalue weighted by atomic mass is 9.56. The second-order valence-corrected chi connectivity index (χ2v) is 17.3. The molecule has 2 aliphatic carbocycles. The number of halogens is 1. The van der Waals surface area contributed by atoms with Gasteiger partial charge in [-0.15, -0.1) is 18.3 Å². The van der Waals surface area contributed by atoms with Crippen molar-refractivity contribution in [2.45, 2.75) is 80.0 Å². The summed E-state index contributed by atoms with van der Waals surface area (Å²) in [6.45, 7) is 5.02. The maximum atomic E-state index is 14.7. The van der Waals surface area contributed by atoms with E-state index in [0.717, 1.165) is 64.1 Å². The van der Waals surface area contributed by atoms with Gasteiger partial charge in [0, 0.05) is 41.6 Å². The van der Waals surface area contributed by atoms with E-state index in [1.165, 1.54) is 11.5 Å². The van der Waals surface area contributed by atoms with E-state index < -0.39 is 5.79 Å². The maximum Gasteiger partial charge on any atom is 0.231 e. The first-order valence-electron chi connectivity index (χ1n) is 21.3. The zero-order valence-corrected chi connectivity index (χ0v) is 34.8. The number of ether oxygens (including phenoxy) is 3. The standard InChI is InChI=1S/C51H54FNO6S/c1-2-28-57-51-48(60-41-24-22-36-16-6-7-17-37(36)29-41)32-46(53-58-33-35-14-4-3-5-15-35)43-30-38(18-10-12-26-54)42(20-11-13-27-55)49(50(43)51)44-31-40(23-25-47(44)59-51)56-34-39-19-8-9-21-45(39)52/h2-9,14-17,19,21-25,29-31,38,42,48-50,54-55H,1,10-13,18,20,26-28,32-34H2/t38-,42+,48-,49+,50+,51+/m0/s1. The van der Waals surface area contributed by atoms with E-state index in [1.54, 1.807) is 30.0 Å². The van der Waals surface area contributed by atoms with Crippen molar-refractivity contribution in [3.8, 4) is 11.5 Å². The van der Waals surface area contributed by atoms with E-state index in [2.05, 4.69) is 61.2 Å². The number of benzene rings is 5. The first kappa shape index (κ1) is 41.8. The molecule has 312 valence electrons. The fraction of sp³-hybridized carbons (Fsp3) is 0.353. The molecule has 5 aromatic carbocycles. The van der Waals surface area contributed by atoms with E-state index in [1.807, 2.05) is 48.5 Å². The number of hydrogen-bond donors (Lipinski definition) is 2. The number of aliphatic hydroxyl groups excluding tert-OH is 2. The van der Waals surface area contributed by atoms with Crippen molar-refractivity contribution in [2.75, 3.05) is 19.8 Å². The minimum Gasteiger partial charge on any atom is -0.489 e. The second kappa shape index (κ2) is 19.6. The fourth-order valence-electron chi connectivity index (χ4n) is 9.45. The highest BCUT2D eigenvalue weighted by Gasteiger charge is 2.64. The lowest BCUT2D eigenvalue weighted by Gasteiger charge is -2.58. The molecule has 0 radical (unpaired) electrons. The number of nitrogens with zero attached hydrogens (tertiary/aromatic N) is 1. The number of oxime groups is 1. The third-order valence-electron chi connectivity index (χ3n) is 12.2. The average Bonchev–Trinajstić information content (AvgIpc) is 3.27. The van der Waals surface area contributed by atoms with Crippen LogP contribution in [0.25, 0.3) is 10.8 Å². The van der Waals surface area contributed by atoms with Gasteiger partial charge < -0.3 is 29.3 Å². The Kier molecular flexibility index (Phi) is 13.7. The first-order chi connectivity index (χ1) is 29.5. The van der Waals surface area contributed by atoms with Crippen LogP contribution in [0.2, 0.25) is 0 Å². The van der Waals surface area contributed by atoms with Crippen LogP contribution in [0, 0.1) is 23.6 Å². The summed E-state index contributed by atoms with van der Waals surface area (Å²) in [7, 11) is 0. The van der Waals surface area contributed by atoms with Crippen LogP contribution in [-0.2, 0) is 22.8 Å². The molecule has 6 atom stereocenters. The van der Waals surface area contributed by atoms with E-state index in [9.17, 15) is 14.6 Å². The molecule has 1 heterocycles. The third-order valence-corrected chi connectivity index (χ3v) is 13.5. The molecule has 3 aliphatic rings. The van der Waals surface area contributed by atoms with Crippen LogP contribution < -0.4 is 9.47 Å². The first-order valence-corrected chi connectivity index (χ1v) is 22.1. The molecule has 1 aliphatic heterocycles. The molecular formula is C51H54FNO6S. The minimum atomic E-state index is -1.13. The van der Waals surface area contributed by atoms with Crippen molar-refractivity contribution in [2.24, 2.45) is 22.9 Å². The van der Waals surface area contributed by atoms with Gasteiger partial charge in [0.2, 0.25) is 5.79 Å². The summed E-state index contributed by atoms with van der Waals surface area (Å²) in [5.41, 5.74) is 4.45. The Labute approximate surface area is 356 Å². The van der Waals surface area contributed by atoms with Gasteiger partial charge in [0.15, 0.2) is 0 Å². The van der Waals surface area contributed by atoms with Gasteiger partial charge in [0.25, 0.3) is 0 Å². The molecule has 0 spiro atoms. The molecule has 0 saturated heterocycles. The number of fused-ring (bicyclic) bond motifs is 3. The normalized spacial score (nSPS) is 23.6. The number of hydrogen-bond acceptors (Lipinski definition) is 8. The summed E-state index contributed by atoms with van der Waals surface area (Å²) < 4.78 is 35.6. The molecule has 60 heavy (non-hydrogen) atoms. The van der Waals surface area contributed by atoms with Gasteiger partial charge >= 0.3 is 0 Å². The zero-order chi connectivity index (χ0) is 41.3. The lowest BCUT2D eigenvalue weighted by Crippen LogP contribution is -2.64. The lowest BCUT2D eigenvalue weighted by molar-refractivity contribution is -0.223. The van der Waals surface area contributed by atoms with Crippen molar-refractivity contribution < 1.29 is 33.7 Å². The Morgan fingerprint density at radius 2 is 1.60 bits per heavy atom. The highest BCUT2D eigenvalue weighted by atomic mass is 32.2. The van der Waals surface area contributed by atoms with Crippen molar-refractivity contribution in [3.63, 3.8) is 0 Å². The van der Waals surface area contributed by atoms with Crippen molar-refractivity contribution in [1.82, 2.24) is 0 Å². The molecule has 1 fully saturated rings. The Hall–Kier alpha value is -4.93. The van der Waals surface area contributed by atoms with E-state index in [-0.39, 0.29) is 61.2 Å². The van der Waals surface area contributed by atoms with E-state index >= 15 is 0 Å². The second-order valence-electron chi connectivity index (χ2n) is 16.0. The summed E-state index contributed by atoms with van der Waals surface area (Å²) in [6, 6.07) is 37.7. The monoisotopic (exact) mass is 827 g/mol. The van der Waals surface area contributed by atoms with Crippen molar-refractivity contribution >= 4 is 28.2 Å². The molecule has 8 rings (SSSR count). The van der Waals surface area contributed by atoms with Crippen LogP contribution in [0.5, 0.6) is 11.5 Å². The van der Waals surface area contributed by atoms with Gasteiger partial charge in [-0.3, -0.25) is 0 Å². The van der Waals surface area contributed by atoms with Crippen molar-refractivity contribution in [3.05, 3.63) is 162 Å². The van der Waals surface area contributed by atoms with Gasteiger partial charge in [-0.25, -0.2) is 4.39 Å². The molecule has 1 saturated carbocycles. The number of allylic oxidation sites excluding steroid dienone is 1. The largest absolute Gasteiger partial charge is 0.489 e. The van der Waals surface area contributed by atoms with Gasteiger partial charge in [-0.1, -0.05) is 109 Å². The van der Waals surface area contributed by atoms with Crippen LogP contribution in [0.4, 0.5) is 4.39 Å². The topological polar surface area (TPSA) is 89.7 Å². The van der Waals surface area contributed by atoms with Gasteiger partial charge in [0.05, 0.1) is 23.5 Å². The fourth-order valence-corrected chi connectivity index (χ4v) is 10.8. The van der Waals surface area contributed by atoms with Crippen molar-refractivity contribution in [1.29, 1.82) is 0 Å². The molecule has 5 aromatic rings. The average molecular weight is 828 g/mol. The summed E-state index contributed by atoms with van der Waals surface area (Å²) in [4.78, 5) is 7.34. The van der Waals surface area contributed by atoms with Gasteiger partial charge in [0.1, 0.15) is 30.5 Å². The van der Waals surface area contributed by atoms with Crippen LogP contribution in [0.3, 0.4) is 0 Å². The Morgan fingerprint density at radius 1 is 0.833 bits per heavy atom. The van der Waals surface area contributed by atoms with E-state index in [4.69, 9.17) is 24.2 Å². The predicted octanol–water partition coefficient (Wildman–Crippen LogP) is 11.2. The van der Waals surface area contributed by atoms with Crippen LogP contribution in [0.15, 0.2) is 150 Å². The molecule has 0 aromatic heterocycles. The Balaban J connectivity index is 1.28. The maximum absolute atomic E-state index is 14.7. The molecule has 0 bridgehead atoms. The highest BCUT2D eigenvalue weighted by Crippen LogP contribution is 2.63. The summed E-state index contributed by atoms with van der Waals surface area (Å²) in [5, 5.41) is 26.9. The quantitative estimate of drug-likeness (QED) is 0.0487. The number of rotatable bonds is 19. The molecule has 7 nitrogen and oxygen atoms in total. The summed E-state index contributed by atoms with van der Waals surface area (Å²) in [5.74, 6) is -0.215. The van der Waals surface area contributed by atoms with Crippen LogP contribution in [-0.4, -0.2) is 46.8 Å². The SMILES string of the molecule is C=CCO[C@@]12Oc3ccc(OCc4ccccc4F)cc3[C@H]3[C@H](CCCCO)[C@@H](CCCCO)C=C(C(=NOCc4ccccc4)C[C@@H]1Sc1ccc4ccccc4c1)[C@H]32. The van der Waals surface area contributed by atoms with Gasteiger partial charge in [-0.05, 0) is 95.8 Å². The van der Waals surface area contributed by atoms with Gasteiger partial charge in [-0.2, -0.15) is 0 Å². The number of unbranched alkanes of at least 4 members (excludes halogenated alkanes) is 2. The number of thioether (sulfide) groups is 1. The number of aliphatic hydroxyl groups is 2. The Morgan fingerprint density at radius 3 is 2.40 bits per heavy atom. The molecular weight excluding hydrogens is 774 g/mol. The Bertz CT molecular complexity index is 2300. The third kappa shape index (κ3) is 9.05. The highest BCUT2D eigenvalue weighted by molar-refractivity contribution is 8.00. The minimum absolute atomic E-state index is 0.0850. The zero-order valence-electron chi connectivity index (χ0n) is 34.0. The van der Waals surface area contributed by atoms with E-state index in [0.29, 0.717) is 37.2 Å². The van der Waals surface area contributed by atoms with Crippen LogP contribution in [0.1, 0.15) is 67.6 Å². The molecule has 0 unspecified atom stereocenters. The van der Waals surface area contributed by atoms with Crippen LogP contribution >= 0.6 is 11.8 Å². The summed E-state index contributed by atoms with van der Waals surface area (Å²) in [6.07, 6.45) is 9.58. The smallest absolute Gasteiger partial charge is 0.231 e.